The zero-order valence-corrected chi connectivity index (χ0v) is 10.6. The Hall–Kier alpha value is -1.70. The van der Waals surface area contributed by atoms with Gasteiger partial charge in [0.2, 0.25) is 0 Å². The average molecular weight is 240 g/mol. The second-order valence-corrected chi connectivity index (χ2v) is 4.13. The van der Waals surface area contributed by atoms with Gasteiger partial charge < -0.3 is 14.9 Å². The lowest BCUT2D eigenvalue weighted by Crippen LogP contribution is -2.45. The summed E-state index contributed by atoms with van der Waals surface area (Å²) >= 11 is 0. The molecule has 0 spiro atoms. The van der Waals surface area contributed by atoms with E-state index in [9.17, 15) is 9.59 Å². The Balaban J connectivity index is 4.37. The zero-order valence-electron chi connectivity index (χ0n) is 10.6. The van der Waals surface area contributed by atoms with E-state index in [1.165, 1.54) is 4.90 Å². The normalized spacial score (nSPS) is 9.82. The van der Waals surface area contributed by atoms with Gasteiger partial charge in [-0.2, -0.15) is 0 Å². The van der Waals surface area contributed by atoms with Crippen LogP contribution in [0.4, 0.5) is 4.79 Å². The fraction of sp³-hybridized carbons (Fsp3) is 0.667. The first-order valence-electron chi connectivity index (χ1n) is 5.57. The molecule has 0 aliphatic carbocycles. The van der Waals surface area contributed by atoms with E-state index in [-0.39, 0.29) is 25.0 Å². The van der Waals surface area contributed by atoms with Gasteiger partial charge in [0.25, 0.3) is 0 Å². The Morgan fingerprint density at radius 1 is 1.41 bits per heavy atom. The van der Waals surface area contributed by atoms with Crippen molar-refractivity contribution < 1.29 is 14.7 Å². The maximum Gasteiger partial charge on any atom is 0.320 e. The summed E-state index contributed by atoms with van der Waals surface area (Å²) in [5.41, 5.74) is 0. The molecule has 0 saturated carbocycles. The molecular formula is C12H20N2O3. The summed E-state index contributed by atoms with van der Waals surface area (Å²) in [5.74, 6) is 1.55. The van der Waals surface area contributed by atoms with Gasteiger partial charge in [-0.15, -0.1) is 6.42 Å². The number of hydrogen-bond acceptors (Lipinski definition) is 2. The maximum absolute atomic E-state index is 12.0. The quantitative estimate of drug-likeness (QED) is 0.711. The first-order chi connectivity index (χ1) is 7.90. The second-order valence-electron chi connectivity index (χ2n) is 4.13. The van der Waals surface area contributed by atoms with Gasteiger partial charge in [-0.25, -0.2) is 4.79 Å². The molecule has 0 aliphatic heterocycles. The lowest BCUT2D eigenvalue weighted by molar-refractivity contribution is -0.137. The van der Waals surface area contributed by atoms with E-state index in [0.29, 0.717) is 13.0 Å². The standard InChI is InChI=1S/C12H20N2O3/c1-5-8-13(4)12(17)14(10(2)3)9-6-7-11(15)16/h1,10H,6-9H2,2-4H3,(H,15,16). The van der Waals surface area contributed by atoms with Gasteiger partial charge >= 0.3 is 12.0 Å². The number of nitrogens with zero attached hydrogens (tertiary/aromatic N) is 2. The Labute approximate surface area is 102 Å². The Morgan fingerprint density at radius 3 is 2.41 bits per heavy atom. The number of terminal acetylenes is 1. The predicted octanol–water partition coefficient (Wildman–Crippen LogP) is 1.25. The minimum Gasteiger partial charge on any atom is -0.481 e. The molecule has 0 radical (unpaired) electrons. The van der Waals surface area contributed by atoms with Gasteiger partial charge in [-0.05, 0) is 20.3 Å². The molecule has 0 aromatic heterocycles. The minimum atomic E-state index is -0.849. The molecule has 5 heteroatoms. The van der Waals surface area contributed by atoms with Crippen LogP contribution in [0.5, 0.6) is 0 Å². The van der Waals surface area contributed by atoms with Gasteiger partial charge in [-0.1, -0.05) is 5.92 Å². The highest BCUT2D eigenvalue weighted by Gasteiger charge is 2.19. The highest BCUT2D eigenvalue weighted by molar-refractivity contribution is 5.74. The lowest BCUT2D eigenvalue weighted by atomic mass is 10.2. The molecule has 0 rings (SSSR count). The highest BCUT2D eigenvalue weighted by Crippen LogP contribution is 2.05. The van der Waals surface area contributed by atoms with Crippen molar-refractivity contribution in [3.8, 4) is 12.3 Å². The van der Waals surface area contributed by atoms with Crippen molar-refractivity contribution in [1.29, 1.82) is 0 Å². The first kappa shape index (κ1) is 15.3. The molecule has 0 heterocycles. The molecule has 0 aromatic carbocycles. The van der Waals surface area contributed by atoms with Gasteiger partial charge in [-0.3, -0.25) is 4.79 Å². The average Bonchev–Trinajstić information content (AvgIpc) is 2.23. The van der Waals surface area contributed by atoms with Crippen LogP contribution in [-0.4, -0.2) is 53.1 Å². The second kappa shape index (κ2) is 7.55. The largest absolute Gasteiger partial charge is 0.481 e. The van der Waals surface area contributed by atoms with Crippen molar-refractivity contribution in [2.75, 3.05) is 20.1 Å². The van der Waals surface area contributed by atoms with Gasteiger partial charge in [0.1, 0.15) is 0 Å². The third kappa shape index (κ3) is 5.81. The number of carboxylic acid groups (broad SMARTS) is 1. The van der Waals surface area contributed by atoms with E-state index in [1.54, 1.807) is 11.9 Å². The van der Waals surface area contributed by atoms with E-state index in [4.69, 9.17) is 11.5 Å². The van der Waals surface area contributed by atoms with Gasteiger partial charge in [0.15, 0.2) is 0 Å². The molecule has 0 bridgehead atoms. The van der Waals surface area contributed by atoms with E-state index in [2.05, 4.69) is 5.92 Å². The maximum atomic E-state index is 12.0. The topological polar surface area (TPSA) is 60.9 Å². The number of rotatable bonds is 6. The van der Waals surface area contributed by atoms with E-state index in [0.717, 1.165) is 0 Å². The van der Waals surface area contributed by atoms with Gasteiger partial charge in [0.05, 0.1) is 6.54 Å². The lowest BCUT2D eigenvalue weighted by Gasteiger charge is -2.30. The van der Waals surface area contributed by atoms with Crippen LogP contribution in [0.1, 0.15) is 26.7 Å². The number of carbonyl (C=O) groups is 2. The van der Waals surface area contributed by atoms with Crippen LogP contribution < -0.4 is 0 Å². The summed E-state index contributed by atoms with van der Waals surface area (Å²) in [7, 11) is 1.63. The number of carbonyl (C=O) groups excluding carboxylic acids is 1. The van der Waals surface area contributed by atoms with E-state index in [1.807, 2.05) is 13.8 Å². The Bertz CT molecular complexity index is 307. The van der Waals surface area contributed by atoms with Gasteiger partial charge in [0, 0.05) is 26.1 Å². The molecule has 0 saturated heterocycles. The molecule has 0 unspecified atom stereocenters. The molecule has 96 valence electrons. The molecule has 0 fully saturated rings. The van der Waals surface area contributed by atoms with Crippen molar-refractivity contribution in [3.63, 3.8) is 0 Å². The number of hydrogen-bond donors (Lipinski definition) is 1. The molecular weight excluding hydrogens is 220 g/mol. The van der Waals surface area contributed by atoms with Crippen LogP contribution in [0.3, 0.4) is 0 Å². The third-order valence-corrected chi connectivity index (χ3v) is 2.31. The van der Waals surface area contributed by atoms with Crippen molar-refractivity contribution in [1.82, 2.24) is 9.80 Å². The molecule has 0 aromatic rings. The molecule has 17 heavy (non-hydrogen) atoms. The SMILES string of the molecule is C#CCN(C)C(=O)N(CCCC(=O)O)C(C)C. The summed E-state index contributed by atoms with van der Waals surface area (Å²) in [6.45, 7) is 4.46. The van der Waals surface area contributed by atoms with Crippen molar-refractivity contribution in [3.05, 3.63) is 0 Å². The van der Waals surface area contributed by atoms with Crippen LogP contribution >= 0.6 is 0 Å². The number of urea groups is 1. The van der Waals surface area contributed by atoms with Crippen LogP contribution in [0.15, 0.2) is 0 Å². The highest BCUT2D eigenvalue weighted by atomic mass is 16.4. The Kier molecular flexibility index (Phi) is 6.80. The Morgan fingerprint density at radius 2 is 2.00 bits per heavy atom. The smallest absolute Gasteiger partial charge is 0.320 e. The van der Waals surface area contributed by atoms with Crippen molar-refractivity contribution in [2.45, 2.75) is 32.7 Å². The van der Waals surface area contributed by atoms with Crippen LogP contribution in [-0.2, 0) is 4.79 Å². The van der Waals surface area contributed by atoms with Crippen LogP contribution in [0, 0.1) is 12.3 Å². The first-order valence-corrected chi connectivity index (χ1v) is 5.57. The summed E-state index contributed by atoms with van der Waals surface area (Å²) in [6, 6.07) is -0.139. The zero-order chi connectivity index (χ0) is 13.4. The number of aliphatic carboxylic acids is 1. The fourth-order valence-corrected chi connectivity index (χ4v) is 1.40. The summed E-state index contributed by atoms with van der Waals surface area (Å²) in [4.78, 5) is 25.4. The summed E-state index contributed by atoms with van der Waals surface area (Å²) < 4.78 is 0. The summed E-state index contributed by atoms with van der Waals surface area (Å²) in [5, 5.41) is 8.56. The fourth-order valence-electron chi connectivity index (χ4n) is 1.40. The summed E-state index contributed by atoms with van der Waals surface area (Å²) in [6.07, 6.45) is 5.66. The van der Waals surface area contributed by atoms with E-state index >= 15 is 0 Å². The minimum absolute atomic E-state index is 0.0246. The predicted molar refractivity (Wildman–Crippen MR) is 65.6 cm³/mol. The molecule has 5 nitrogen and oxygen atoms in total. The van der Waals surface area contributed by atoms with Crippen molar-refractivity contribution in [2.24, 2.45) is 0 Å². The molecule has 1 N–H and O–H groups in total. The number of amides is 2. The molecule has 0 aliphatic rings. The van der Waals surface area contributed by atoms with E-state index < -0.39 is 5.97 Å². The van der Waals surface area contributed by atoms with Crippen molar-refractivity contribution >= 4 is 12.0 Å². The van der Waals surface area contributed by atoms with Crippen LogP contribution in [0.25, 0.3) is 0 Å². The number of carboxylic acids is 1. The van der Waals surface area contributed by atoms with Crippen LogP contribution in [0.2, 0.25) is 0 Å². The third-order valence-electron chi connectivity index (χ3n) is 2.31. The molecule has 2 amide bonds. The monoisotopic (exact) mass is 240 g/mol. The molecule has 0 atom stereocenters.